The van der Waals surface area contributed by atoms with Crippen LogP contribution in [-0.2, 0) is 0 Å². The Morgan fingerprint density at radius 3 is 2.68 bits per heavy atom. The number of rotatable bonds is 4. The highest BCUT2D eigenvalue weighted by molar-refractivity contribution is 6.19. The highest BCUT2D eigenvalue weighted by Crippen LogP contribution is 2.46. The third-order valence-electron chi connectivity index (χ3n) is 7.02. The third kappa shape index (κ3) is 3.94. The average Bonchev–Trinajstić information content (AvgIpc) is 3.50. The summed E-state index contributed by atoms with van der Waals surface area (Å²) in [5.74, 6) is 0.117. The normalized spacial score (nSPS) is 14.7. The number of hydrogen-bond donors (Lipinski definition) is 2. The molecule has 9 heteroatoms. The van der Waals surface area contributed by atoms with E-state index in [1.807, 2.05) is 44.2 Å². The first-order valence-electron chi connectivity index (χ1n) is 12.2. The van der Waals surface area contributed by atoms with Crippen LogP contribution in [0.1, 0.15) is 43.5 Å². The van der Waals surface area contributed by atoms with Crippen LogP contribution >= 0.6 is 11.6 Å². The molecule has 1 aliphatic heterocycles. The Bertz CT molecular complexity index is 1750. The molecule has 0 aliphatic carbocycles. The van der Waals surface area contributed by atoms with Crippen molar-refractivity contribution in [2.24, 2.45) is 0 Å². The lowest BCUT2D eigenvalue weighted by Crippen LogP contribution is -2.30. The second-order valence-corrected chi connectivity index (χ2v) is 9.89. The van der Waals surface area contributed by atoms with Crippen LogP contribution < -0.4 is 10.2 Å². The monoisotopic (exact) mass is 525 g/mol. The van der Waals surface area contributed by atoms with Gasteiger partial charge in [-0.1, -0.05) is 35.9 Å². The maximum atomic E-state index is 13.7. The zero-order valence-electron chi connectivity index (χ0n) is 20.8. The van der Waals surface area contributed by atoms with Gasteiger partial charge in [-0.2, -0.15) is 0 Å². The number of carbonyl (C=O) groups excluding carboxylic acids is 2. The number of amides is 2. The van der Waals surface area contributed by atoms with E-state index in [1.165, 1.54) is 6.20 Å². The Hall–Kier alpha value is -4.43. The molecule has 38 heavy (non-hydrogen) atoms. The van der Waals surface area contributed by atoms with Gasteiger partial charge in [0.15, 0.2) is 5.65 Å². The lowest BCUT2D eigenvalue weighted by molar-refractivity contribution is 0.0982. The van der Waals surface area contributed by atoms with Crippen molar-refractivity contribution in [1.82, 2.24) is 14.4 Å². The molecule has 1 aliphatic rings. The first-order chi connectivity index (χ1) is 18.3. The molecule has 0 radical (unpaired) electrons. The van der Waals surface area contributed by atoms with Crippen molar-refractivity contribution in [2.45, 2.75) is 19.8 Å². The number of benzene rings is 3. The highest BCUT2D eigenvalue weighted by Gasteiger charge is 2.36. The molecular weight excluding hydrogens is 502 g/mol. The Morgan fingerprint density at radius 1 is 1.13 bits per heavy atom. The fourth-order valence-corrected chi connectivity index (χ4v) is 5.37. The topological polar surface area (TPSA) is 99.8 Å². The Kier molecular flexibility index (Phi) is 5.76. The van der Waals surface area contributed by atoms with E-state index in [0.29, 0.717) is 35.1 Å². The van der Waals surface area contributed by atoms with Gasteiger partial charge in [0, 0.05) is 41.6 Å². The van der Waals surface area contributed by atoms with Gasteiger partial charge in [-0.25, -0.2) is 9.97 Å². The SMILES string of the molecule is Cc1ccc(C(=O)Nc2cn3cc(C(=O)N4C[C@@H](CCl)c5c4cc(O)c4cccc(C)c54)nc3cn2)cc1. The zero-order chi connectivity index (χ0) is 26.6. The lowest BCUT2D eigenvalue weighted by Gasteiger charge is -2.17. The number of fused-ring (bicyclic) bond motifs is 4. The fraction of sp³-hybridized carbons (Fsp3) is 0.172. The minimum Gasteiger partial charge on any atom is -0.507 e. The zero-order valence-corrected chi connectivity index (χ0v) is 21.5. The molecular formula is C29H24ClN5O3. The number of hydrogen-bond acceptors (Lipinski definition) is 5. The number of anilines is 2. The van der Waals surface area contributed by atoms with E-state index in [0.717, 1.165) is 27.5 Å². The summed E-state index contributed by atoms with van der Waals surface area (Å²) in [7, 11) is 0. The molecule has 0 fully saturated rings. The van der Waals surface area contributed by atoms with Crippen LogP contribution in [0.2, 0.25) is 0 Å². The predicted octanol–water partition coefficient (Wildman–Crippen LogP) is 5.44. The Labute approximate surface area is 223 Å². The molecule has 2 aromatic heterocycles. The van der Waals surface area contributed by atoms with Gasteiger partial charge < -0.3 is 19.7 Å². The van der Waals surface area contributed by atoms with Crippen LogP contribution in [0, 0.1) is 13.8 Å². The summed E-state index contributed by atoms with van der Waals surface area (Å²) in [6.07, 6.45) is 4.73. The summed E-state index contributed by atoms with van der Waals surface area (Å²) in [5, 5.41) is 15.2. The molecule has 0 bridgehead atoms. The maximum Gasteiger partial charge on any atom is 0.278 e. The van der Waals surface area contributed by atoms with Crippen LogP contribution in [0.25, 0.3) is 16.4 Å². The van der Waals surface area contributed by atoms with Crippen molar-refractivity contribution in [3.8, 4) is 5.75 Å². The van der Waals surface area contributed by atoms with Crippen LogP contribution in [0.3, 0.4) is 0 Å². The molecule has 3 aromatic carbocycles. The van der Waals surface area contributed by atoms with Crippen LogP contribution in [0.15, 0.2) is 67.1 Å². The minimum absolute atomic E-state index is 0.0814. The standard InChI is InChI=1S/C29H24ClN5O3/c1-16-6-8-18(9-7-16)28(37)33-24-15-34-14-21(32-25(34)12-31-24)29(38)35-13-19(11-30)27-22(35)10-23(36)20-5-3-4-17(2)26(20)27/h3-10,12,14-15,19,36H,11,13H2,1-2H3,(H,33,37)/t19-/m1/s1. The predicted molar refractivity (Wildman–Crippen MR) is 148 cm³/mol. The molecule has 0 saturated carbocycles. The second-order valence-electron chi connectivity index (χ2n) is 9.58. The summed E-state index contributed by atoms with van der Waals surface area (Å²) in [6, 6.07) is 14.6. The van der Waals surface area contributed by atoms with Crippen LogP contribution in [0.4, 0.5) is 11.5 Å². The van der Waals surface area contributed by atoms with E-state index in [4.69, 9.17) is 11.6 Å². The number of carbonyl (C=O) groups is 2. The number of phenols is 1. The van der Waals surface area contributed by atoms with Gasteiger partial charge in [0.05, 0.1) is 18.1 Å². The van der Waals surface area contributed by atoms with Crippen molar-refractivity contribution in [1.29, 1.82) is 0 Å². The van der Waals surface area contributed by atoms with Gasteiger partial charge >= 0.3 is 0 Å². The maximum absolute atomic E-state index is 13.7. The highest BCUT2D eigenvalue weighted by atomic mass is 35.5. The first-order valence-corrected chi connectivity index (χ1v) is 12.7. The lowest BCUT2D eigenvalue weighted by atomic mass is 9.92. The van der Waals surface area contributed by atoms with E-state index >= 15 is 0 Å². The second kappa shape index (κ2) is 9.15. The molecule has 8 nitrogen and oxygen atoms in total. The Morgan fingerprint density at radius 2 is 1.92 bits per heavy atom. The van der Waals surface area contributed by atoms with Gasteiger partial charge in [-0.15, -0.1) is 11.6 Å². The molecule has 1 atom stereocenters. The van der Waals surface area contributed by atoms with Gasteiger partial charge in [0.25, 0.3) is 11.8 Å². The molecule has 190 valence electrons. The van der Waals surface area contributed by atoms with Gasteiger partial charge in [-0.05, 0) is 42.5 Å². The number of nitrogens with one attached hydrogen (secondary N) is 1. The van der Waals surface area contributed by atoms with E-state index < -0.39 is 0 Å². The molecule has 3 heterocycles. The minimum atomic E-state index is -0.305. The summed E-state index contributed by atoms with van der Waals surface area (Å²) in [6.45, 7) is 4.33. The summed E-state index contributed by atoms with van der Waals surface area (Å²) >= 11 is 6.36. The van der Waals surface area contributed by atoms with Gasteiger partial charge in [0.2, 0.25) is 0 Å². The molecule has 0 saturated heterocycles. The molecule has 6 rings (SSSR count). The van der Waals surface area contributed by atoms with Crippen molar-refractivity contribution >= 4 is 51.3 Å². The number of halogens is 1. The number of phenolic OH excluding ortho intramolecular Hbond substituents is 1. The van der Waals surface area contributed by atoms with E-state index in [1.54, 1.807) is 39.9 Å². The Balaban J connectivity index is 1.33. The summed E-state index contributed by atoms with van der Waals surface area (Å²) < 4.78 is 1.66. The van der Waals surface area contributed by atoms with Crippen LogP contribution in [0.5, 0.6) is 5.75 Å². The molecule has 0 spiro atoms. The van der Waals surface area contributed by atoms with Crippen molar-refractivity contribution in [3.63, 3.8) is 0 Å². The first kappa shape index (κ1) is 23.9. The number of aromatic nitrogens is 3. The van der Waals surface area contributed by atoms with Crippen molar-refractivity contribution in [2.75, 3.05) is 22.6 Å². The van der Waals surface area contributed by atoms with Crippen molar-refractivity contribution < 1.29 is 14.7 Å². The quantitative estimate of drug-likeness (QED) is 0.304. The number of alkyl halides is 1. The van der Waals surface area contributed by atoms with Gasteiger partial charge in [-0.3, -0.25) is 9.59 Å². The fourth-order valence-electron chi connectivity index (χ4n) is 5.12. The third-order valence-corrected chi connectivity index (χ3v) is 7.39. The summed E-state index contributed by atoms with van der Waals surface area (Å²) in [5.41, 5.74) is 4.89. The van der Waals surface area contributed by atoms with E-state index in [9.17, 15) is 14.7 Å². The molecule has 0 unspecified atom stereocenters. The average molecular weight is 526 g/mol. The summed E-state index contributed by atoms with van der Waals surface area (Å²) in [4.78, 5) is 36.7. The molecule has 2 amide bonds. The largest absolute Gasteiger partial charge is 0.507 e. The van der Waals surface area contributed by atoms with Crippen molar-refractivity contribution in [3.05, 3.63) is 95.1 Å². The number of aromatic hydroxyl groups is 1. The van der Waals surface area contributed by atoms with Gasteiger partial charge in [0.1, 0.15) is 17.3 Å². The number of nitrogens with zero attached hydrogens (tertiary/aromatic N) is 4. The van der Waals surface area contributed by atoms with E-state index in [-0.39, 0.29) is 29.2 Å². The van der Waals surface area contributed by atoms with E-state index in [2.05, 4.69) is 15.3 Å². The number of imidazole rings is 1. The smallest absolute Gasteiger partial charge is 0.278 e. The number of aryl methyl sites for hydroxylation is 2. The van der Waals surface area contributed by atoms with Crippen LogP contribution in [-0.4, -0.2) is 43.7 Å². The molecule has 5 aromatic rings. The molecule has 2 N–H and O–H groups in total.